The molecule has 8 heteroatoms. The first-order valence-corrected chi connectivity index (χ1v) is 10.4. The molecule has 0 spiro atoms. The van der Waals surface area contributed by atoms with E-state index in [1.165, 1.54) is 0 Å². The van der Waals surface area contributed by atoms with Crippen LogP contribution in [0.5, 0.6) is 23.0 Å². The highest BCUT2D eigenvalue weighted by molar-refractivity contribution is 5.65. The molecule has 2 aromatic carbocycles. The lowest BCUT2D eigenvalue weighted by Gasteiger charge is -2.28. The summed E-state index contributed by atoms with van der Waals surface area (Å²) in [5.41, 5.74) is 4.04. The molecule has 1 aromatic heterocycles. The summed E-state index contributed by atoms with van der Waals surface area (Å²) in [6.07, 6.45) is 2.74. The Balaban J connectivity index is 1.49. The van der Waals surface area contributed by atoms with Crippen LogP contribution in [0.3, 0.4) is 0 Å². The minimum atomic E-state index is 0.540. The predicted octanol–water partition coefficient (Wildman–Crippen LogP) is 3.81. The van der Waals surface area contributed by atoms with Crippen molar-refractivity contribution in [3.05, 3.63) is 59.4 Å². The maximum atomic E-state index is 5.53. The lowest BCUT2D eigenvalue weighted by atomic mass is 10.1. The Morgan fingerprint density at radius 1 is 0.906 bits per heavy atom. The van der Waals surface area contributed by atoms with Crippen molar-refractivity contribution in [3.8, 4) is 23.0 Å². The molecule has 1 N–H and O–H groups in total. The molecule has 4 rings (SSSR count). The number of aromatic nitrogens is 2. The predicted molar refractivity (Wildman–Crippen MR) is 122 cm³/mol. The molecular weight excluding hydrogens is 408 g/mol. The number of hydrogen-bond donors (Lipinski definition) is 1. The maximum absolute atomic E-state index is 5.53. The Morgan fingerprint density at radius 3 is 2.34 bits per heavy atom. The summed E-state index contributed by atoms with van der Waals surface area (Å²) in [6, 6.07) is 11.5. The number of benzene rings is 2. The molecule has 8 nitrogen and oxygen atoms in total. The van der Waals surface area contributed by atoms with Gasteiger partial charge in [0, 0.05) is 49.4 Å². The van der Waals surface area contributed by atoms with Gasteiger partial charge in [-0.05, 0) is 30.3 Å². The van der Waals surface area contributed by atoms with E-state index in [2.05, 4.69) is 15.2 Å². The van der Waals surface area contributed by atoms with Gasteiger partial charge in [0.2, 0.25) is 5.95 Å². The van der Waals surface area contributed by atoms with Crippen LogP contribution in [0.1, 0.15) is 16.8 Å². The molecule has 0 unspecified atom stereocenters. The highest BCUT2D eigenvalue weighted by Crippen LogP contribution is 2.31. The number of fused-ring (bicyclic) bond motifs is 1. The van der Waals surface area contributed by atoms with Crippen molar-refractivity contribution in [1.82, 2.24) is 14.9 Å². The van der Waals surface area contributed by atoms with E-state index in [0.717, 1.165) is 65.8 Å². The van der Waals surface area contributed by atoms with Gasteiger partial charge < -0.3 is 24.3 Å². The van der Waals surface area contributed by atoms with Crippen LogP contribution in [0.4, 0.5) is 11.6 Å². The van der Waals surface area contributed by atoms with Crippen LogP contribution >= 0.6 is 0 Å². The maximum Gasteiger partial charge on any atom is 0.227 e. The van der Waals surface area contributed by atoms with Crippen LogP contribution in [0.2, 0.25) is 0 Å². The zero-order valence-corrected chi connectivity index (χ0v) is 18.8. The zero-order chi connectivity index (χ0) is 22.5. The van der Waals surface area contributed by atoms with E-state index in [4.69, 9.17) is 23.9 Å². The van der Waals surface area contributed by atoms with Crippen LogP contribution < -0.4 is 24.3 Å². The Morgan fingerprint density at radius 2 is 1.62 bits per heavy atom. The second-order valence-electron chi connectivity index (χ2n) is 7.50. The van der Waals surface area contributed by atoms with Crippen LogP contribution in [-0.2, 0) is 19.5 Å². The first kappa shape index (κ1) is 21.7. The summed E-state index contributed by atoms with van der Waals surface area (Å²) in [6.45, 7) is 2.44. The van der Waals surface area contributed by atoms with Crippen LogP contribution in [0.15, 0.2) is 42.6 Å². The van der Waals surface area contributed by atoms with E-state index in [1.807, 2.05) is 42.6 Å². The lowest BCUT2D eigenvalue weighted by Crippen LogP contribution is -2.31. The van der Waals surface area contributed by atoms with Gasteiger partial charge in [-0.15, -0.1) is 0 Å². The van der Waals surface area contributed by atoms with Crippen molar-refractivity contribution in [1.29, 1.82) is 0 Å². The Kier molecular flexibility index (Phi) is 6.61. The SMILES string of the molecule is COc1ccc(OC)c(CN2CCc3nc(Nc4cc(OC)ccc4OC)ncc3C2)c1. The first-order valence-electron chi connectivity index (χ1n) is 10.4. The fourth-order valence-electron chi connectivity index (χ4n) is 3.85. The number of anilines is 2. The molecule has 0 atom stereocenters. The number of rotatable bonds is 8. The van der Waals surface area contributed by atoms with E-state index in [0.29, 0.717) is 11.7 Å². The second-order valence-corrected chi connectivity index (χ2v) is 7.50. The fraction of sp³-hybridized carbons (Fsp3) is 0.333. The summed E-state index contributed by atoms with van der Waals surface area (Å²) in [5.74, 6) is 3.66. The van der Waals surface area contributed by atoms with Crippen molar-refractivity contribution in [2.24, 2.45) is 0 Å². The van der Waals surface area contributed by atoms with Gasteiger partial charge in [-0.1, -0.05) is 0 Å². The number of ether oxygens (including phenoxy) is 4. The van der Waals surface area contributed by atoms with Gasteiger partial charge in [0.25, 0.3) is 0 Å². The molecule has 0 fully saturated rings. The van der Waals surface area contributed by atoms with E-state index < -0.39 is 0 Å². The second kappa shape index (κ2) is 9.74. The molecule has 1 aliphatic rings. The lowest BCUT2D eigenvalue weighted by molar-refractivity contribution is 0.239. The third kappa shape index (κ3) is 4.70. The summed E-state index contributed by atoms with van der Waals surface area (Å²) < 4.78 is 21.7. The summed E-state index contributed by atoms with van der Waals surface area (Å²) in [4.78, 5) is 11.6. The molecule has 0 radical (unpaired) electrons. The number of hydrogen-bond acceptors (Lipinski definition) is 8. The largest absolute Gasteiger partial charge is 0.497 e. The summed E-state index contributed by atoms with van der Waals surface area (Å²) in [5, 5.41) is 3.26. The third-order valence-corrected chi connectivity index (χ3v) is 5.55. The Bertz CT molecular complexity index is 1090. The molecule has 168 valence electrons. The average Bonchev–Trinajstić information content (AvgIpc) is 2.84. The monoisotopic (exact) mass is 436 g/mol. The quantitative estimate of drug-likeness (QED) is 0.571. The van der Waals surface area contributed by atoms with Crippen molar-refractivity contribution < 1.29 is 18.9 Å². The molecule has 0 bridgehead atoms. The highest BCUT2D eigenvalue weighted by atomic mass is 16.5. The zero-order valence-electron chi connectivity index (χ0n) is 18.8. The third-order valence-electron chi connectivity index (χ3n) is 5.55. The van der Waals surface area contributed by atoms with Crippen LogP contribution in [0.25, 0.3) is 0 Å². The topological polar surface area (TPSA) is 78.0 Å². The average molecular weight is 437 g/mol. The molecule has 0 saturated heterocycles. The van der Waals surface area contributed by atoms with Crippen LogP contribution in [-0.4, -0.2) is 49.9 Å². The van der Waals surface area contributed by atoms with E-state index in [9.17, 15) is 0 Å². The number of nitrogens with zero attached hydrogens (tertiary/aromatic N) is 3. The van der Waals surface area contributed by atoms with Crippen molar-refractivity contribution in [2.45, 2.75) is 19.5 Å². The van der Waals surface area contributed by atoms with Gasteiger partial charge in [-0.25, -0.2) is 9.97 Å². The smallest absolute Gasteiger partial charge is 0.227 e. The summed E-state index contributed by atoms with van der Waals surface area (Å²) >= 11 is 0. The van der Waals surface area contributed by atoms with Crippen LogP contribution in [0, 0.1) is 0 Å². The van der Waals surface area contributed by atoms with Crippen molar-refractivity contribution in [3.63, 3.8) is 0 Å². The van der Waals surface area contributed by atoms with Gasteiger partial charge in [0.05, 0.1) is 39.8 Å². The highest BCUT2D eigenvalue weighted by Gasteiger charge is 2.20. The molecule has 32 heavy (non-hydrogen) atoms. The molecule has 0 amide bonds. The molecule has 3 aromatic rings. The van der Waals surface area contributed by atoms with Gasteiger partial charge in [0.1, 0.15) is 23.0 Å². The Labute approximate surface area is 188 Å². The molecule has 2 heterocycles. The fourth-order valence-corrected chi connectivity index (χ4v) is 3.85. The molecule has 0 saturated carbocycles. The van der Waals surface area contributed by atoms with Crippen molar-refractivity contribution in [2.75, 3.05) is 40.3 Å². The standard InChI is InChI=1S/C24H28N4O4/c1-29-18-5-7-22(31-3)16(11-18)14-28-10-9-20-17(15-28)13-25-24(26-20)27-21-12-19(30-2)6-8-23(21)32-4/h5-8,11-13H,9-10,14-15H2,1-4H3,(H,25,26,27). The van der Waals surface area contributed by atoms with E-state index in [1.54, 1.807) is 28.4 Å². The first-order chi connectivity index (χ1) is 15.6. The van der Waals surface area contributed by atoms with Crippen molar-refractivity contribution >= 4 is 11.6 Å². The summed E-state index contributed by atoms with van der Waals surface area (Å²) in [7, 11) is 6.63. The van der Waals surface area contributed by atoms with Gasteiger partial charge in [0.15, 0.2) is 0 Å². The van der Waals surface area contributed by atoms with Gasteiger partial charge >= 0.3 is 0 Å². The minimum absolute atomic E-state index is 0.540. The Hall–Kier alpha value is -3.52. The normalized spacial score (nSPS) is 13.2. The molecule has 1 aliphatic heterocycles. The van der Waals surface area contributed by atoms with Gasteiger partial charge in [-0.2, -0.15) is 0 Å². The molecular formula is C24H28N4O4. The minimum Gasteiger partial charge on any atom is -0.497 e. The number of methoxy groups -OCH3 is 4. The van der Waals surface area contributed by atoms with Gasteiger partial charge in [-0.3, -0.25) is 4.90 Å². The molecule has 0 aliphatic carbocycles. The number of nitrogens with one attached hydrogen (secondary N) is 1. The van der Waals surface area contributed by atoms with E-state index >= 15 is 0 Å². The van der Waals surface area contributed by atoms with E-state index in [-0.39, 0.29) is 0 Å².